The molecule has 0 unspecified atom stereocenters. The van der Waals surface area contributed by atoms with Crippen molar-refractivity contribution in [1.82, 2.24) is 25.4 Å². The minimum absolute atomic E-state index is 0.124. The summed E-state index contributed by atoms with van der Waals surface area (Å²) in [5.41, 5.74) is 2.11. The lowest BCUT2D eigenvalue weighted by molar-refractivity contribution is -0.121. The maximum absolute atomic E-state index is 13.1. The van der Waals surface area contributed by atoms with Crippen LogP contribution in [0, 0.1) is 0 Å². The Hall–Kier alpha value is -3.94. The SMILES string of the molecule is CC(C)(C)NC(=O)CNC(=O)c1cc(-c2ccccc2)nc2c1cnn2Cc1ccco1. The van der Waals surface area contributed by atoms with Crippen LogP contribution < -0.4 is 10.6 Å². The van der Waals surface area contributed by atoms with Crippen molar-refractivity contribution in [3.8, 4) is 11.3 Å². The van der Waals surface area contributed by atoms with E-state index in [1.54, 1.807) is 23.2 Å². The molecule has 2 amide bonds. The van der Waals surface area contributed by atoms with Crippen molar-refractivity contribution in [2.45, 2.75) is 32.9 Å². The van der Waals surface area contributed by atoms with E-state index in [9.17, 15) is 9.59 Å². The van der Waals surface area contributed by atoms with Crippen molar-refractivity contribution in [2.75, 3.05) is 6.54 Å². The maximum atomic E-state index is 13.1. The number of fused-ring (bicyclic) bond motifs is 1. The summed E-state index contributed by atoms with van der Waals surface area (Å²) in [6, 6.07) is 15.0. The number of hydrogen-bond donors (Lipinski definition) is 2. The number of hydrogen-bond acceptors (Lipinski definition) is 5. The molecule has 0 fully saturated rings. The molecule has 3 heterocycles. The van der Waals surface area contributed by atoms with Crippen LogP contribution in [0.15, 0.2) is 65.4 Å². The van der Waals surface area contributed by atoms with E-state index < -0.39 is 0 Å². The molecule has 0 aliphatic rings. The molecule has 0 atom stereocenters. The number of amides is 2. The third kappa shape index (κ3) is 4.85. The van der Waals surface area contributed by atoms with E-state index in [0.717, 1.165) is 11.3 Å². The maximum Gasteiger partial charge on any atom is 0.252 e. The van der Waals surface area contributed by atoms with E-state index in [-0.39, 0.29) is 23.9 Å². The molecular weight excluding hydrogens is 406 g/mol. The summed E-state index contributed by atoms with van der Waals surface area (Å²) in [6.45, 7) is 5.92. The molecule has 4 rings (SSSR count). The van der Waals surface area contributed by atoms with Gasteiger partial charge in [-0.05, 0) is 39.0 Å². The average molecular weight is 431 g/mol. The van der Waals surface area contributed by atoms with Crippen molar-refractivity contribution >= 4 is 22.8 Å². The van der Waals surface area contributed by atoms with Gasteiger partial charge in [0.1, 0.15) is 12.3 Å². The van der Waals surface area contributed by atoms with Crippen molar-refractivity contribution in [3.05, 3.63) is 72.3 Å². The van der Waals surface area contributed by atoms with Crippen LogP contribution >= 0.6 is 0 Å². The highest BCUT2D eigenvalue weighted by atomic mass is 16.3. The Bertz CT molecular complexity index is 1240. The molecular formula is C24H25N5O3. The Morgan fingerprint density at radius 1 is 1.09 bits per heavy atom. The largest absolute Gasteiger partial charge is 0.467 e. The van der Waals surface area contributed by atoms with Crippen molar-refractivity contribution in [3.63, 3.8) is 0 Å². The number of pyridine rings is 1. The van der Waals surface area contributed by atoms with Gasteiger partial charge in [-0.2, -0.15) is 5.10 Å². The van der Waals surface area contributed by atoms with Crippen LogP contribution in [0.4, 0.5) is 0 Å². The van der Waals surface area contributed by atoms with Gasteiger partial charge < -0.3 is 15.1 Å². The molecule has 0 aliphatic carbocycles. The highest BCUT2D eigenvalue weighted by Gasteiger charge is 2.20. The predicted octanol–water partition coefficient (Wildman–Crippen LogP) is 3.38. The molecule has 164 valence electrons. The number of benzene rings is 1. The third-order valence-electron chi connectivity index (χ3n) is 4.73. The molecule has 2 N–H and O–H groups in total. The van der Waals surface area contributed by atoms with Gasteiger partial charge in [-0.15, -0.1) is 0 Å². The first-order valence-corrected chi connectivity index (χ1v) is 10.3. The smallest absolute Gasteiger partial charge is 0.252 e. The minimum Gasteiger partial charge on any atom is -0.467 e. The fourth-order valence-electron chi connectivity index (χ4n) is 3.38. The molecule has 32 heavy (non-hydrogen) atoms. The zero-order valence-electron chi connectivity index (χ0n) is 18.3. The van der Waals surface area contributed by atoms with E-state index in [1.165, 1.54) is 0 Å². The van der Waals surface area contributed by atoms with E-state index in [0.29, 0.717) is 28.8 Å². The first-order chi connectivity index (χ1) is 15.3. The zero-order chi connectivity index (χ0) is 22.7. The van der Waals surface area contributed by atoms with Gasteiger partial charge >= 0.3 is 0 Å². The number of carbonyl (C=O) groups excluding carboxylic acids is 2. The topological polar surface area (TPSA) is 102 Å². The fourth-order valence-corrected chi connectivity index (χ4v) is 3.38. The van der Waals surface area contributed by atoms with Crippen molar-refractivity contribution < 1.29 is 14.0 Å². The van der Waals surface area contributed by atoms with Crippen LogP contribution in [-0.2, 0) is 11.3 Å². The van der Waals surface area contributed by atoms with Crippen LogP contribution in [0.25, 0.3) is 22.3 Å². The third-order valence-corrected chi connectivity index (χ3v) is 4.73. The molecule has 4 aromatic rings. The van der Waals surface area contributed by atoms with Gasteiger partial charge in [0.2, 0.25) is 5.91 Å². The van der Waals surface area contributed by atoms with Crippen molar-refractivity contribution in [2.24, 2.45) is 0 Å². The van der Waals surface area contributed by atoms with Gasteiger partial charge in [0.25, 0.3) is 5.91 Å². The van der Waals surface area contributed by atoms with Gasteiger partial charge in [-0.3, -0.25) is 9.59 Å². The second-order valence-corrected chi connectivity index (χ2v) is 8.52. The fraction of sp³-hybridized carbons (Fsp3) is 0.250. The zero-order valence-corrected chi connectivity index (χ0v) is 18.3. The number of carbonyl (C=O) groups is 2. The molecule has 0 saturated carbocycles. The van der Waals surface area contributed by atoms with Gasteiger partial charge in [-0.1, -0.05) is 30.3 Å². The number of nitrogens with zero attached hydrogens (tertiary/aromatic N) is 3. The van der Waals surface area contributed by atoms with Crippen LogP contribution in [0.3, 0.4) is 0 Å². The molecule has 0 spiro atoms. The predicted molar refractivity (Wildman–Crippen MR) is 121 cm³/mol. The molecule has 0 aliphatic heterocycles. The number of rotatable bonds is 6. The van der Waals surface area contributed by atoms with Crippen LogP contribution in [0.1, 0.15) is 36.9 Å². The van der Waals surface area contributed by atoms with E-state index >= 15 is 0 Å². The first-order valence-electron chi connectivity index (χ1n) is 10.3. The van der Waals surface area contributed by atoms with Gasteiger partial charge in [0.05, 0.1) is 35.6 Å². The van der Waals surface area contributed by atoms with Crippen LogP contribution in [-0.4, -0.2) is 38.7 Å². The number of nitrogens with one attached hydrogen (secondary N) is 2. The Balaban J connectivity index is 1.69. The molecule has 0 bridgehead atoms. The monoisotopic (exact) mass is 431 g/mol. The second kappa shape index (κ2) is 8.66. The highest BCUT2D eigenvalue weighted by molar-refractivity contribution is 6.07. The Morgan fingerprint density at radius 2 is 1.88 bits per heavy atom. The normalized spacial score (nSPS) is 11.5. The van der Waals surface area contributed by atoms with Gasteiger partial charge in [0, 0.05) is 11.1 Å². The summed E-state index contributed by atoms with van der Waals surface area (Å²) < 4.78 is 7.14. The second-order valence-electron chi connectivity index (χ2n) is 8.52. The molecule has 3 aromatic heterocycles. The van der Waals surface area contributed by atoms with Gasteiger partial charge in [-0.25, -0.2) is 9.67 Å². The summed E-state index contributed by atoms with van der Waals surface area (Å²) in [5, 5.41) is 10.6. The molecule has 0 radical (unpaired) electrons. The summed E-state index contributed by atoms with van der Waals surface area (Å²) >= 11 is 0. The molecule has 1 aromatic carbocycles. The summed E-state index contributed by atoms with van der Waals surface area (Å²) in [5.74, 6) is 0.107. The lowest BCUT2D eigenvalue weighted by atomic mass is 10.1. The molecule has 0 saturated heterocycles. The standard InChI is InChI=1S/C24H25N5O3/c1-24(2,3)28-21(30)14-25-23(31)18-12-20(16-8-5-4-6-9-16)27-22-19(18)13-26-29(22)15-17-10-7-11-32-17/h4-13H,14-15H2,1-3H3,(H,25,31)(H,28,30). The average Bonchev–Trinajstić information content (AvgIpc) is 3.41. The highest BCUT2D eigenvalue weighted by Crippen LogP contribution is 2.25. The van der Waals surface area contributed by atoms with Crippen LogP contribution in [0.5, 0.6) is 0 Å². The molecule has 8 nitrogen and oxygen atoms in total. The Labute approximate surface area is 185 Å². The van der Waals surface area contributed by atoms with Crippen LogP contribution in [0.2, 0.25) is 0 Å². The van der Waals surface area contributed by atoms with E-state index in [1.807, 2.05) is 63.2 Å². The summed E-state index contributed by atoms with van der Waals surface area (Å²) in [6.07, 6.45) is 3.22. The number of aromatic nitrogens is 3. The summed E-state index contributed by atoms with van der Waals surface area (Å²) in [4.78, 5) is 30.0. The Morgan fingerprint density at radius 3 is 2.56 bits per heavy atom. The minimum atomic E-state index is -0.376. The van der Waals surface area contributed by atoms with Crippen molar-refractivity contribution in [1.29, 1.82) is 0 Å². The lowest BCUT2D eigenvalue weighted by Crippen LogP contribution is -2.45. The van der Waals surface area contributed by atoms with Gasteiger partial charge in [0.15, 0.2) is 5.65 Å². The first kappa shape index (κ1) is 21.3. The van der Waals surface area contributed by atoms with E-state index in [4.69, 9.17) is 9.40 Å². The summed E-state index contributed by atoms with van der Waals surface area (Å²) in [7, 11) is 0. The molecule has 8 heteroatoms. The quantitative estimate of drug-likeness (QED) is 0.487. The lowest BCUT2D eigenvalue weighted by Gasteiger charge is -2.20. The van der Waals surface area contributed by atoms with E-state index in [2.05, 4.69) is 15.7 Å². The number of furan rings is 1. The Kier molecular flexibility index (Phi) is 5.77.